The van der Waals surface area contributed by atoms with Crippen molar-refractivity contribution in [2.75, 3.05) is 39.1 Å². The number of pyridine rings is 1. The van der Waals surface area contributed by atoms with Crippen LogP contribution in [-0.2, 0) is 12.8 Å². The molecule has 27 heavy (non-hydrogen) atoms. The van der Waals surface area contributed by atoms with Gasteiger partial charge < -0.3 is 19.7 Å². The zero-order valence-corrected chi connectivity index (χ0v) is 16.8. The molecule has 1 aromatic carbocycles. The van der Waals surface area contributed by atoms with Crippen molar-refractivity contribution in [1.82, 2.24) is 9.88 Å². The van der Waals surface area contributed by atoms with Gasteiger partial charge in [-0.2, -0.15) is 0 Å². The van der Waals surface area contributed by atoms with E-state index in [1.165, 1.54) is 49.3 Å². The summed E-state index contributed by atoms with van der Waals surface area (Å²) < 4.78 is 11.9. The molecular formula is C22H31N3O2. The van der Waals surface area contributed by atoms with Gasteiger partial charge in [0, 0.05) is 36.4 Å². The van der Waals surface area contributed by atoms with E-state index in [1.807, 2.05) is 7.05 Å². The SMILES string of the molecule is CNc1c2c(nc3cc(OC(C)CCN4CCCC4)c(OC)cc13)CCC2. The number of hydrogen-bond donors (Lipinski definition) is 1. The van der Waals surface area contributed by atoms with Gasteiger partial charge in [0.05, 0.1) is 18.7 Å². The Hall–Kier alpha value is -2.01. The van der Waals surface area contributed by atoms with Crippen molar-refractivity contribution >= 4 is 16.6 Å². The van der Waals surface area contributed by atoms with Crippen LogP contribution in [0.15, 0.2) is 12.1 Å². The van der Waals surface area contributed by atoms with Crippen LogP contribution in [0, 0.1) is 0 Å². The maximum atomic E-state index is 6.29. The van der Waals surface area contributed by atoms with E-state index in [0.29, 0.717) is 0 Å². The van der Waals surface area contributed by atoms with Crippen LogP contribution in [0.4, 0.5) is 5.69 Å². The molecule has 0 bridgehead atoms. The molecular weight excluding hydrogens is 338 g/mol. The van der Waals surface area contributed by atoms with E-state index >= 15 is 0 Å². The Kier molecular flexibility index (Phi) is 5.39. The van der Waals surface area contributed by atoms with Gasteiger partial charge >= 0.3 is 0 Å². The van der Waals surface area contributed by atoms with Crippen LogP contribution in [-0.4, -0.2) is 49.8 Å². The topological polar surface area (TPSA) is 46.6 Å². The van der Waals surface area contributed by atoms with Gasteiger partial charge in [-0.3, -0.25) is 4.98 Å². The third kappa shape index (κ3) is 3.70. The number of nitrogens with zero attached hydrogens (tertiary/aromatic N) is 2. The first kappa shape index (κ1) is 18.4. The van der Waals surface area contributed by atoms with Crippen molar-refractivity contribution in [2.24, 2.45) is 0 Å². The summed E-state index contributed by atoms with van der Waals surface area (Å²) in [5.74, 6) is 1.58. The molecule has 1 aliphatic carbocycles. The molecule has 1 aromatic heterocycles. The quantitative estimate of drug-likeness (QED) is 0.798. The van der Waals surface area contributed by atoms with Gasteiger partial charge in [0.1, 0.15) is 0 Å². The van der Waals surface area contributed by atoms with E-state index in [1.54, 1.807) is 7.11 Å². The highest BCUT2D eigenvalue weighted by molar-refractivity contribution is 5.95. The summed E-state index contributed by atoms with van der Waals surface area (Å²) in [5, 5.41) is 4.51. The smallest absolute Gasteiger partial charge is 0.163 e. The first-order chi connectivity index (χ1) is 13.2. The number of aryl methyl sites for hydroxylation is 1. The van der Waals surface area contributed by atoms with Crippen molar-refractivity contribution in [3.8, 4) is 11.5 Å². The van der Waals surface area contributed by atoms with Gasteiger partial charge in [0.15, 0.2) is 11.5 Å². The molecule has 5 nitrogen and oxygen atoms in total. The molecule has 1 fully saturated rings. The number of hydrogen-bond acceptors (Lipinski definition) is 5. The molecule has 2 aliphatic rings. The predicted molar refractivity (Wildman–Crippen MR) is 110 cm³/mol. The van der Waals surface area contributed by atoms with Crippen LogP contribution in [0.5, 0.6) is 11.5 Å². The number of ether oxygens (including phenoxy) is 2. The van der Waals surface area contributed by atoms with Crippen LogP contribution in [0.2, 0.25) is 0 Å². The summed E-state index contributed by atoms with van der Waals surface area (Å²) in [6, 6.07) is 4.13. The number of methoxy groups -OCH3 is 1. The number of benzene rings is 1. The lowest BCUT2D eigenvalue weighted by Gasteiger charge is -2.21. The normalized spacial score (nSPS) is 17.9. The third-order valence-electron chi connectivity index (χ3n) is 5.93. The van der Waals surface area contributed by atoms with Gasteiger partial charge in [-0.05, 0) is 70.2 Å². The fourth-order valence-corrected chi connectivity index (χ4v) is 4.45. The molecule has 1 unspecified atom stereocenters. The second kappa shape index (κ2) is 7.93. The minimum absolute atomic E-state index is 0.148. The fraction of sp³-hybridized carbons (Fsp3) is 0.591. The average Bonchev–Trinajstić information content (AvgIpc) is 3.35. The Morgan fingerprint density at radius 2 is 1.96 bits per heavy atom. The molecule has 1 aliphatic heterocycles. The lowest BCUT2D eigenvalue weighted by molar-refractivity contribution is 0.181. The minimum Gasteiger partial charge on any atom is -0.493 e. The van der Waals surface area contributed by atoms with Crippen molar-refractivity contribution in [1.29, 1.82) is 0 Å². The maximum absolute atomic E-state index is 6.29. The van der Waals surface area contributed by atoms with E-state index < -0.39 is 0 Å². The van der Waals surface area contributed by atoms with Gasteiger partial charge in [0.25, 0.3) is 0 Å². The molecule has 1 saturated heterocycles. The molecule has 146 valence electrons. The molecule has 1 atom stereocenters. The molecule has 0 saturated carbocycles. The van der Waals surface area contributed by atoms with Crippen molar-refractivity contribution in [3.63, 3.8) is 0 Å². The van der Waals surface area contributed by atoms with Crippen molar-refractivity contribution in [3.05, 3.63) is 23.4 Å². The Labute approximate surface area is 162 Å². The second-order valence-electron chi connectivity index (χ2n) is 7.80. The molecule has 0 amide bonds. The number of likely N-dealkylation sites (tertiary alicyclic amines) is 1. The van der Waals surface area contributed by atoms with Gasteiger partial charge in [0.2, 0.25) is 0 Å². The highest BCUT2D eigenvalue weighted by Gasteiger charge is 2.21. The molecule has 0 radical (unpaired) electrons. The highest BCUT2D eigenvalue weighted by atomic mass is 16.5. The fourth-order valence-electron chi connectivity index (χ4n) is 4.45. The molecule has 2 heterocycles. The highest BCUT2D eigenvalue weighted by Crippen LogP contribution is 2.39. The number of rotatable bonds is 7. The summed E-state index contributed by atoms with van der Waals surface area (Å²) in [7, 11) is 3.70. The maximum Gasteiger partial charge on any atom is 0.163 e. The van der Waals surface area contributed by atoms with Crippen molar-refractivity contribution in [2.45, 2.75) is 51.6 Å². The second-order valence-corrected chi connectivity index (χ2v) is 7.80. The first-order valence-corrected chi connectivity index (χ1v) is 10.3. The lowest BCUT2D eigenvalue weighted by Crippen LogP contribution is -2.25. The van der Waals surface area contributed by atoms with Crippen molar-refractivity contribution < 1.29 is 9.47 Å². The largest absolute Gasteiger partial charge is 0.493 e. The molecule has 2 aromatic rings. The number of aromatic nitrogens is 1. The zero-order valence-electron chi connectivity index (χ0n) is 16.8. The Balaban J connectivity index is 1.59. The summed E-state index contributed by atoms with van der Waals surface area (Å²) in [6.07, 6.45) is 7.18. The number of fused-ring (bicyclic) bond motifs is 2. The van der Waals surface area contributed by atoms with Crippen LogP contribution < -0.4 is 14.8 Å². The summed E-state index contributed by atoms with van der Waals surface area (Å²) in [6.45, 7) is 5.71. The summed E-state index contributed by atoms with van der Waals surface area (Å²) in [5.41, 5.74) is 4.77. The van der Waals surface area contributed by atoms with E-state index in [-0.39, 0.29) is 6.10 Å². The Bertz CT molecular complexity index is 815. The van der Waals surface area contributed by atoms with Gasteiger partial charge in [-0.25, -0.2) is 0 Å². The predicted octanol–water partition coefficient (Wildman–Crippen LogP) is 4.03. The number of anilines is 1. The van der Waals surface area contributed by atoms with Crippen LogP contribution >= 0.6 is 0 Å². The molecule has 4 rings (SSSR count). The summed E-state index contributed by atoms with van der Waals surface area (Å²) >= 11 is 0. The Morgan fingerprint density at radius 1 is 1.15 bits per heavy atom. The zero-order chi connectivity index (χ0) is 18.8. The van der Waals surface area contributed by atoms with Gasteiger partial charge in [-0.15, -0.1) is 0 Å². The van der Waals surface area contributed by atoms with E-state index in [0.717, 1.165) is 48.2 Å². The van der Waals surface area contributed by atoms with Crippen LogP contribution in [0.1, 0.15) is 43.9 Å². The van der Waals surface area contributed by atoms with Gasteiger partial charge in [-0.1, -0.05) is 0 Å². The minimum atomic E-state index is 0.148. The standard InChI is InChI=1S/C22H31N3O2/c1-15(9-12-25-10-4-5-11-25)27-21-14-19-17(13-20(21)26-3)22(23-2)16-7-6-8-18(16)24-19/h13-15H,4-12H2,1-3H3,(H,23,24). The average molecular weight is 370 g/mol. The first-order valence-electron chi connectivity index (χ1n) is 10.3. The molecule has 1 N–H and O–H groups in total. The van der Waals surface area contributed by atoms with E-state index in [4.69, 9.17) is 14.5 Å². The lowest BCUT2D eigenvalue weighted by atomic mass is 10.1. The summed E-state index contributed by atoms with van der Waals surface area (Å²) in [4.78, 5) is 7.46. The molecule has 5 heteroatoms. The molecule has 0 spiro atoms. The van der Waals surface area contributed by atoms with Crippen LogP contribution in [0.25, 0.3) is 10.9 Å². The monoisotopic (exact) mass is 369 g/mol. The third-order valence-corrected chi connectivity index (χ3v) is 5.93. The Morgan fingerprint density at radius 3 is 2.70 bits per heavy atom. The van der Waals surface area contributed by atoms with E-state index in [2.05, 4.69) is 29.3 Å². The van der Waals surface area contributed by atoms with E-state index in [9.17, 15) is 0 Å². The number of nitrogens with one attached hydrogen (secondary N) is 1. The van der Waals surface area contributed by atoms with Crippen LogP contribution in [0.3, 0.4) is 0 Å².